The maximum absolute atomic E-state index is 12.4. The number of piperazine rings is 1. The number of amides is 1. The zero-order chi connectivity index (χ0) is 16.9. The average molecular weight is 345 g/mol. The summed E-state index contributed by atoms with van der Waals surface area (Å²) in [6, 6.07) is 10.4. The second kappa shape index (κ2) is 7.70. The van der Waals surface area contributed by atoms with Crippen molar-refractivity contribution in [1.29, 1.82) is 0 Å². The molecular formula is C17H23N5OS. The van der Waals surface area contributed by atoms with E-state index in [2.05, 4.69) is 46.3 Å². The van der Waals surface area contributed by atoms with Gasteiger partial charge in [0.15, 0.2) is 5.16 Å². The van der Waals surface area contributed by atoms with Gasteiger partial charge >= 0.3 is 0 Å². The van der Waals surface area contributed by atoms with Crippen LogP contribution in [0.15, 0.2) is 35.5 Å². The number of aryl methyl sites for hydroxylation is 1. The Morgan fingerprint density at radius 1 is 1.12 bits per heavy atom. The molecule has 1 aromatic carbocycles. The second-order valence-electron chi connectivity index (χ2n) is 5.80. The van der Waals surface area contributed by atoms with Crippen LogP contribution in [0, 0.1) is 0 Å². The van der Waals surface area contributed by atoms with Crippen LogP contribution in [0.5, 0.6) is 0 Å². The van der Waals surface area contributed by atoms with E-state index >= 15 is 0 Å². The molecule has 2 heterocycles. The van der Waals surface area contributed by atoms with Crippen molar-refractivity contribution in [2.24, 2.45) is 7.05 Å². The predicted octanol–water partition coefficient (Wildman–Crippen LogP) is 1.82. The lowest BCUT2D eigenvalue weighted by Crippen LogP contribution is -2.49. The molecule has 0 aliphatic carbocycles. The van der Waals surface area contributed by atoms with Crippen LogP contribution in [-0.4, -0.2) is 57.5 Å². The fraction of sp³-hybridized carbons (Fsp3) is 0.471. The van der Waals surface area contributed by atoms with Crippen molar-refractivity contribution in [1.82, 2.24) is 19.7 Å². The van der Waals surface area contributed by atoms with E-state index in [0.29, 0.717) is 5.75 Å². The SMILES string of the molecule is CCc1nnc(SCC(=O)N2CCN(c3ccccc3)CC2)n1C. The molecule has 0 radical (unpaired) electrons. The number of hydrogen-bond acceptors (Lipinski definition) is 5. The summed E-state index contributed by atoms with van der Waals surface area (Å²) in [5.41, 5.74) is 1.23. The number of anilines is 1. The number of hydrogen-bond donors (Lipinski definition) is 0. The van der Waals surface area contributed by atoms with Crippen LogP contribution in [0.4, 0.5) is 5.69 Å². The van der Waals surface area contributed by atoms with Gasteiger partial charge in [0.1, 0.15) is 5.82 Å². The molecule has 0 unspecified atom stereocenters. The maximum Gasteiger partial charge on any atom is 0.233 e. The van der Waals surface area contributed by atoms with Gasteiger partial charge in [-0.1, -0.05) is 36.9 Å². The van der Waals surface area contributed by atoms with Crippen LogP contribution in [0.2, 0.25) is 0 Å². The normalized spacial score (nSPS) is 14.9. The third-order valence-corrected chi connectivity index (χ3v) is 5.32. The fourth-order valence-electron chi connectivity index (χ4n) is 2.85. The molecule has 7 heteroatoms. The number of carbonyl (C=O) groups is 1. The molecule has 0 atom stereocenters. The van der Waals surface area contributed by atoms with E-state index in [1.54, 1.807) is 0 Å². The van der Waals surface area contributed by atoms with Gasteiger partial charge in [0.05, 0.1) is 5.75 Å². The van der Waals surface area contributed by atoms with Gasteiger partial charge in [0.2, 0.25) is 5.91 Å². The van der Waals surface area contributed by atoms with Crippen molar-refractivity contribution in [2.75, 3.05) is 36.8 Å². The predicted molar refractivity (Wildman–Crippen MR) is 96.3 cm³/mol. The van der Waals surface area contributed by atoms with Crippen LogP contribution in [0.25, 0.3) is 0 Å². The summed E-state index contributed by atoms with van der Waals surface area (Å²) in [6.07, 6.45) is 0.847. The number of carbonyl (C=O) groups excluding carboxylic acids is 1. The lowest BCUT2D eigenvalue weighted by molar-refractivity contribution is -0.128. The Kier molecular flexibility index (Phi) is 5.40. The van der Waals surface area contributed by atoms with E-state index < -0.39 is 0 Å². The summed E-state index contributed by atoms with van der Waals surface area (Å²) in [5.74, 6) is 1.54. The molecule has 1 aliphatic rings. The Morgan fingerprint density at radius 3 is 2.46 bits per heavy atom. The molecule has 0 N–H and O–H groups in total. The zero-order valence-electron chi connectivity index (χ0n) is 14.2. The molecular weight excluding hydrogens is 322 g/mol. The first-order valence-electron chi connectivity index (χ1n) is 8.28. The molecule has 6 nitrogen and oxygen atoms in total. The lowest BCUT2D eigenvalue weighted by atomic mass is 10.2. The zero-order valence-corrected chi connectivity index (χ0v) is 15.0. The average Bonchev–Trinajstić information content (AvgIpc) is 3.00. The topological polar surface area (TPSA) is 54.3 Å². The van der Waals surface area contributed by atoms with Gasteiger partial charge in [-0.15, -0.1) is 10.2 Å². The van der Waals surface area contributed by atoms with Gasteiger partial charge in [-0.2, -0.15) is 0 Å². The van der Waals surface area contributed by atoms with Crippen molar-refractivity contribution >= 4 is 23.4 Å². The molecule has 0 saturated carbocycles. The molecule has 1 aromatic heterocycles. The van der Waals surface area contributed by atoms with Gasteiger partial charge in [-0.3, -0.25) is 4.79 Å². The number of aromatic nitrogens is 3. The van der Waals surface area contributed by atoms with Crippen molar-refractivity contribution in [3.8, 4) is 0 Å². The highest BCUT2D eigenvalue weighted by Crippen LogP contribution is 2.19. The standard InChI is InChI=1S/C17H23N5OS/c1-3-15-18-19-17(20(15)2)24-13-16(23)22-11-9-21(10-12-22)14-7-5-4-6-8-14/h4-8H,3,9-13H2,1-2H3. The number of rotatable bonds is 5. The molecule has 1 saturated heterocycles. The van der Waals surface area contributed by atoms with Gasteiger partial charge < -0.3 is 14.4 Å². The van der Waals surface area contributed by atoms with Gasteiger partial charge in [-0.05, 0) is 12.1 Å². The van der Waals surface area contributed by atoms with Crippen LogP contribution in [-0.2, 0) is 18.3 Å². The number of thioether (sulfide) groups is 1. The Balaban J connectivity index is 1.49. The van der Waals surface area contributed by atoms with E-state index in [9.17, 15) is 4.79 Å². The molecule has 0 bridgehead atoms. The van der Waals surface area contributed by atoms with Crippen molar-refractivity contribution in [2.45, 2.75) is 18.5 Å². The highest BCUT2D eigenvalue weighted by Gasteiger charge is 2.21. The smallest absolute Gasteiger partial charge is 0.233 e. The summed E-state index contributed by atoms with van der Waals surface area (Å²) in [6.45, 7) is 5.35. The highest BCUT2D eigenvalue weighted by molar-refractivity contribution is 7.99. The highest BCUT2D eigenvalue weighted by atomic mass is 32.2. The minimum Gasteiger partial charge on any atom is -0.368 e. The molecule has 128 valence electrons. The van der Waals surface area contributed by atoms with Gasteiger partial charge in [-0.25, -0.2) is 0 Å². The van der Waals surface area contributed by atoms with Crippen LogP contribution in [0.3, 0.4) is 0 Å². The Hall–Kier alpha value is -2.02. The molecule has 0 spiro atoms. The minimum absolute atomic E-state index is 0.175. The van der Waals surface area contributed by atoms with Crippen LogP contribution in [0.1, 0.15) is 12.7 Å². The largest absolute Gasteiger partial charge is 0.368 e. The second-order valence-corrected chi connectivity index (χ2v) is 6.75. The monoisotopic (exact) mass is 345 g/mol. The summed E-state index contributed by atoms with van der Waals surface area (Å²) in [5, 5.41) is 9.09. The maximum atomic E-state index is 12.4. The number of nitrogens with zero attached hydrogens (tertiary/aromatic N) is 5. The van der Waals surface area contributed by atoms with E-state index in [0.717, 1.165) is 43.6 Å². The Labute approximate surface area is 146 Å². The van der Waals surface area contributed by atoms with Crippen molar-refractivity contribution < 1.29 is 4.79 Å². The van der Waals surface area contributed by atoms with E-state index in [-0.39, 0.29) is 5.91 Å². The molecule has 1 fully saturated rings. The molecule has 1 amide bonds. The Morgan fingerprint density at radius 2 is 1.83 bits per heavy atom. The first-order valence-corrected chi connectivity index (χ1v) is 9.26. The van der Waals surface area contributed by atoms with Gasteiger partial charge in [0, 0.05) is 45.3 Å². The van der Waals surface area contributed by atoms with Gasteiger partial charge in [0.25, 0.3) is 0 Å². The van der Waals surface area contributed by atoms with E-state index in [4.69, 9.17) is 0 Å². The quantitative estimate of drug-likeness (QED) is 0.774. The summed E-state index contributed by atoms with van der Waals surface area (Å²) >= 11 is 1.47. The Bertz CT molecular complexity index is 680. The summed E-state index contributed by atoms with van der Waals surface area (Å²) in [7, 11) is 1.95. The molecule has 1 aliphatic heterocycles. The minimum atomic E-state index is 0.175. The summed E-state index contributed by atoms with van der Waals surface area (Å²) in [4.78, 5) is 16.7. The summed E-state index contributed by atoms with van der Waals surface area (Å²) < 4.78 is 1.96. The molecule has 2 aromatic rings. The molecule has 24 heavy (non-hydrogen) atoms. The van der Waals surface area contributed by atoms with E-state index in [1.165, 1.54) is 17.4 Å². The van der Waals surface area contributed by atoms with E-state index in [1.807, 2.05) is 22.6 Å². The molecule has 3 rings (SSSR count). The third-order valence-electron chi connectivity index (χ3n) is 4.32. The lowest BCUT2D eigenvalue weighted by Gasteiger charge is -2.36. The number of benzene rings is 1. The fourth-order valence-corrected chi connectivity index (χ4v) is 3.68. The van der Waals surface area contributed by atoms with Crippen molar-refractivity contribution in [3.05, 3.63) is 36.2 Å². The third kappa shape index (κ3) is 3.72. The number of para-hydroxylation sites is 1. The van der Waals surface area contributed by atoms with Crippen LogP contribution >= 0.6 is 11.8 Å². The van der Waals surface area contributed by atoms with Crippen LogP contribution < -0.4 is 4.90 Å². The first kappa shape index (κ1) is 16.8. The van der Waals surface area contributed by atoms with Crippen molar-refractivity contribution in [3.63, 3.8) is 0 Å². The first-order chi connectivity index (χ1) is 11.7.